The van der Waals surface area contributed by atoms with E-state index in [4.69, 9.17) is 0 Å². The van der Waals surface area contributed by atoms with E-state index in [1.54, 1.807) is 14.1 Å². The summed E-state index contributed by atoms with van der Waals surface area (Å²) in [4.78, 5) is 0. The van der Waals surface area contributed by atoms with E-state index in [1.807, 2.05) is 0 Å². The summed E-state index contributed by atoms with van der Waals surface area (Å²) in [5, 5.41) is 11.7. The van der Waals surface area contributed by atoms with Crippen LogP contribution in [-0.2, 0) is 0 Å². The molecule has 0 spiro atoms. The second-order valence-electron chi connectivity index (χ2n) is 4.41. The van der Waals surface area contributed by atoms with Crippen LogP contribution >= 0.6 is 0 Å². The summed E-state index contributed by atoms with van der Waals surface area (Å²) in [5.74, 6) is 0. The van der Waals surface area contributed by atoms with Gasteiger partial charge in [-0.25, -0.2) is 0 Å². The molecule has 2 nitrogen and oxygen atoms in total. The maximum absolute atomic E-state index is 11.7. The van der Waals surface area contributed by atoms with Crippen molar-refractivity contribution in [3.63, 3.8) is 0 Å². The van der Waals surface area contributed by atoms with Gasteiger partial charge in [0, 0.05) is 12.8 Å². The molecule has 0 aromatic rings. The summed E-state index contributed by atoms with van der Waals surface area (Å²) in [5.41, 5.74) is -0.00174. The standard InChI is InChI=1S/C9H19NO/c1-9(10(2,3)11)7-5-4-6-8-9/h4-8H2,1-3H3. The lowest BCUT2D eigenvalue weighted by Crippen LogP contribution is -2.54. The molecule has 0 N–H and O–H groups in total. The summed E-state index contributed by atoms with van der Waals surface area (Å²) >= 11 is 0. The Hall–Kier alpha value is -0.0800. The molecular weight excluding hydrogens is 138 g/mol. The third-order valence-electron chi connectivity index (χ3n) is 3.23. The summed E-state index contributed by atoms with van der Waals surface area (Å²) < 4.78 is -0.118. The summed E-state index contributed by atoms with van der Waals surface area (Å²) in [6.45, 7) is 2.12. The minimum Gasteiger partial charge on any atom is -0.633 e. The van der Waals surface area contributed by atoms with Gasteiger partial charge in [0.15, 0.2) is 0 Å². The van der Waals surface area contributed by atoms with Crippen LogP contribution < -0.4 is 0 Å². The second kappa shape index (κ2) is 2.76. The van der Waals surface area contributed by atoms with Gasteiger partial charge < -0.3 is 9.85 Å². The maximum Gasteiger partial charge on any atom is 0.0957 e. The molecular formula is C9H19NO. The van der Waals surface area contributed by atoms with Crippen LogP contribution in [0.2, 0.25) is 0 Å². The Kier molecular flexibility index (Phi) is 2.26. The Morgan fingerprint density at radius 2 is 1.55 bits per heavy atom. The number of hydroxylamine groups is 3. The van der Waals surface area contributed by atoms with Gasteiger partial charge in [-0.3, -0.25) is 0 Å². The third kappa shape index (κ3) is 1.74. The first kappa shape index (κ1) is 9.01. The molecule has 0 aliphatic heterocycles. The third-order valence-corrected chi connectivity index (χ3v) is 3.23. The van der Waals surface area contributed by atoms with E-state index in [0.717, 1.165) is 12.8 Å². The molecule has 2 heteroatoms. The predicted octanol–water partition coefficient (Wildman–Crippen LogP) is 2.28. The first-order chi connectivity index (χ1) is 4.96. The van der Waals surface area contributed by atoms with Crippen LogP contribution in [0.1, 0.15) is 39.0 Å². The van der Waals surface area contributed by atoms with Crippen LogP contribution in [0.3, 0.4) is 0 Å². The van der Waals surface area contributed by atoms with Crippen LogP contribution in [-0.4, -0.2) is 24.3 Å². The molecule has 1 fully saturated rings. The van der Waals surface area contributed by atoms with E-state index in [-0.39, 0.29) is 10.2 Å². The fourth-order valence-corrected chi connectivity index (χ4v) is 1.85. The quantitative estimate of drug-likeness (QED) is 0.423. The lowest BCUT2D eigenvalue weighted by molar-refractivity contribution is -0.895. The van der Waals surface area contributed by atoms with E-state index in [0.29, 0.717) is 0 Å². The van der Waals surface area contributed by atoms with Crippen LogP contribution in [0.25, 0.3) is 0 Å². The lowest BCUT2D eigenvalue weighted by atomic mass is 9.82. The van der Waals surface area contributed by atoms with Crippen LogP contribution in [0.15, 0.2) is 0 Å². The molecule has 66 valence electrons. The number of rotatable bonds is 1. The Morgan fingerprint density at radius 1 is 1.09 bits per heavy atom. The van der Waals surface area contributed by atoms with E-state index in [2.05, 4.69) is 6.92 Å². The van der Waals surface area contributed by atoms with Gasteiger partial charge in [0.1, 0.15) is 0 Å². The predicted molar refractivity (Wildman–Crippen MR) is 47.0 cm³/mol. The Balaban J connectivity index is 2.64. The highest BCUT2D eigenvalue weighted by molar-refractivity contribution is 4.79. The minimum absolute atomic E-state index is 0.00174. The van der Waals surface area contributed by atoms with Gasteiger partial charge in [-0.15, -0.1) is 0 Å². The van der Waals surface area contributed by atoms with Crippen molar-refractivity contribution >= 4 is 0 Å². The van der Waals surface area contributed by atoms with Gasteiger partial charge in [-0.1, -0.05) is 6.42 Å². The van der Waals surface area contributed by atoms with E-state index in [9.17, 15) is 5.21 Å². The first-order valence-corrected chi connectivity index (χ1v) is 4.51. The van der Waals surface area contributed by atoms with Gasteiger partial charge in [0.05, 0.1) is 19.6 Å². The summed E-state index contributed by atoms with van der Waals surface area (Å²) in [6, 6.07) is 0. The molecule has 0 aromatic carbocycles. The zero-order chi connectivity index (χ0) is 8.54. The fourth-order valence-electron chi connectivity index (χ4n) is 1.85. The van der Waals surface area contributed by atoms with Gasteiger partial charge in [0.25, 0.3) is 0 Å². The highest BCUT2D eigenvalue weighted by Gasteiger charge is 2.36. The highest BCUT2D eigenvalue weighted by atomic mass is 16.5. The molecule has 0 radical (unpaired) electrons. The van der Waals surface area contributed by atoms with Crippen LogP contribution in [0.4, 0.5) is 0 Å². The highest BCUT2D eigenvalue weighted by Crippen LogP contribution is 2.35. The SMILES string of the molecule is CC1([N+](C)(C)[O-])CCCCC1. The molecule has 0 atom stereocenters. The molecule has 0 aromatic heterocycles. The van der Waals surface area contributed by atoms with Crippen molar-refractivity contribution in [2.75, 3.05) is 14.1 Å². The molecule has 11 heavy (non-hydrogen) atoms. The van der Waals surface area contributed by atoms with Gasteiger partial charge in [-0.2, -0.15) is 0 Å². The van der Waals surface area contributed by atoms with E-state index in [1.165, 1.54) is 19.3 Å². The smallest absolute Gasteiger partial charge is 0.0957 e. The van der Waals surface area contributed by atoms with Gasteiger partial charge in [0.2, 0.25) is 0 Å². The number of nitrogens with zero attached hydrogens (tertiary/aromatic N) is 1. The molecule has 1 aliphatic carbocycles. The monoisotopic (exact) mass is 157 g/mol. The maximum atomic E-state index is 11.7. The van der Waals surface area contributed by atoms with Crippen molar-refractivity contribution in [3.8, 4) is 0 Å². The van der Waals surface area contributed by atoms with Crippen LogP contribution in [0.5, 0.6) is 0 Å². The molecule has 0 unspecified atom stereocenters. The zero-order valence-electron chi connectivity index (χ0n) is 7.89. The normalized spacial score (nSPS) is 25.1. The second-order valence-corrected chi connectivity index (χ2v) is 4.41. The molecule has 0 amide bonds. The topological polar surface area (TPSA) is 23.1 Å². The Morgan fingerprint density at radius 3 is 1.82 bits per heavy atom. The van der Waals surface area contributed by atoms with Crippen LogP contribution in [0, 0.1) is 5.21 Å². The Labute approximate surface area is 69.4 Å². The molecule has 0 saturated heterocycles. The van der Waals surface area contributed by atoms with E-state index < -0.39 is 0 Å². The van der Waals surface area contributed by atoms with Gasteiger partial charge >= 0.3 is 0 Å². The molecule has 1 aliphatic rings. The molecule has 1 saturated carbocycles. The molecule has 0 bridgehead atoms. The average Bonchev–Trinajstić information content (AvgIpc) is 1.87. The lowest BCUT2D eigenvalue weighted by Gasteiger charge is -2.52. The van der Waals surface area contributed by atoms with Crippen molar-refractivity contribution < 1.29 is 4.65 Å². The summed E-state index contributed by atoms with van der Waals surface area (Å²) in [7, 11) is 3.54. The van der Waals surface area contributed by atoms with Crippen molar-refractivity contribution in [2.24, 2.45) is 0 Å². The molecule has 0 heterocycles. The zero-order valence-corrected chi connectivity index (χ0v) is 7.89. The van der Waals surface area contributed by atoms with E-state index >= 15 is 0 Å². The van der Waals surface area contributed by atoms with Crippen molar-refractivity contribution in [3.05, 3.63) is 5.21 Å². The minimum atomic E-state index is -0.118. The number of quaternary nitrogens is 1. The van der Waals surface area contributed by atoms with Crippen molar-refractivity contribution in [1.82, 2.24) is 0 Å². The average molecular weight is 157 g/mol. The fraction of sp³-hybridized carbons (Fsp3) is 1.00. The number of hydrogen-bond donors (Lipinski definition) is 0. The summed E-state index contributed by atoms with van der Waals surface area (Å²) in [6.07, 6.45) is 5.99. The van der Waals surface area contributed by atoms with Crippen molar-refractivity contribution in [2.45, 2.75) is 44.6 Å². The Bertz CT molecular complexity index is 131. The first-order valence-electron chi connectivity index (χ1n) is 4.51. The van der Waals surface area contributed by atoms with Gasteiger partial charge in [-0.05, 0) is 19.8 Å². The van der Waals surface area contributed by atoms with Crippen molar-refractivity contribution in [1.29, 1.82) is 0 Å². The molecule has 1 rings (SSSR count). The number of hydrogen-bond acceptors (Lipinski definition) is 1. The largest absolute Gasteiger partial charge is 0.633 e.